The van der Waals surface area contributed by atoms with Gasteiger partial charge in [0, 0.05) is 23.8 Å². The first-order valence-electron chi connectivity index (χ1n) is 8.87. The Balaban J connectivity index is 1.61. The van der Waals surface area contributed by atoms with Crippen molar-refractivity contribution in [2.75, 3.05) is 18.4 Å². The Morgan fingerprint density at radius 3 is 2.76 bits per heavy atom. The van der Waals surface area contributed by atoms with Crippen LogP contribution in [0.3, 0.4) is 0 Å². The van der Waals surface area contributed by atoms with Crippen LogP contribution in [0.1, 0.15) is 29.5 Å². The van der Waals surface area contributed by atoms with Crippen LogP contribution in [0.4, 0.5) is 5.69 Å². The zero-order valence-electron chi connectivity index (χ0n) is 14.9. The zero-order valence-corrected chi connectivity index (χ0v) is 15.6. The monoisotopic (exact) mass is 356 g/mol. The average molecular weight is 357 g/mol. The molecule has 4 heteroatoms. The van der Waals surface area contributed by atoms with Crippen LogP contribution in [0.25, 0.3) is 0 Å². The minimum atomic E-state index is 0.0258. The molecule has 1 aliphatic rings. The van der Waals surface area contributed by atoms with Gasteiger partial charge < -0.3 is 5.32 Å². The van der Waals surface area contributed by atoms with E-state index in [2.05, 4.69) is 36.2 Å². The molecule has 1 unspecified atom stereocenters. The summed E-state index contributed by atoms with van der Waals surface area (Å²) in [6, 6.07) is 14.0. The molecule has 2 aromatic rings. The third-order valence-electron chi connectivity index (χ3n) is 5.00. The molecule has 0 radical (unpaired) electrons. The summed E-state index contributed by atoms with van der Waals surface area (Å²) in [7, 11) is 0. The number of halogens is 1. The molecular formula is C21H25ClN2O. The molecule has 2 aromatic carbocycles. The molecule has 1 fully saturated rings. The minimum absolute atomic E-state index is 0.0258. The van der Waals surface area contributed by atoms with E-state index in [1.165, 1.54) is 11.1 Å². The molecule has 0 saturated carbocycles. The number of likely N-dealkylation sites (tertiary alicyclic amines) is 1. The maximum atomic E-state index is 12.7. The quantitative estimate of drug-likeness (QED) is 0.852. The number of amides is 1. The van der Waals surface area contributed by atoms with Gasteiger partial charge in [-0.15, -0.1) is 0 Å². The highest BCUT2D eigenvalue weighted by atomic mass is 35.5. The number of piperidine rings is 1. The fourth-order valence-electron chi connectivity index (χ4n) is 3.34. The van der Waals surface area contributed by atoms with Gasteiger partial charge in [0.05, 0.1) is 5.92 Å². The maximum Gasteiger partial charge on any atom is 0.228 e. The highest BCUT2D eigenvalue weighted by molar-refractivity contribution is 6.31. The third-order valence-corrected chi connectivity index (χ3v) is 5.37. The summed E-state index contributed by atoms with van der Waals surface area (Å²) < 4.78 is 0. The van der Waals surface area contributed by atoms with Crippen LogP contribution in [-0.2, 0) is 11.3 Å². The Morgan fingerprint density at radius 2 is 2.00 bits per heavy atom. The Kier molecular flexibility index (Phi) is 5.77. The van der Waals surface area contributed by atoms with Gasteiger partial charge in [0.15, 0.2) is 0 Å². The van der Waals surface area contributed by atoms with Crippen molar-refractivity contribution >= 4 is 23.2 Å². The van der Waals surface area contributed by atoms with Gasteiger partial charge >= 0.3 is 0 Å². The average Bonchev–Trinajstić information content (AvgIpc) is 2.60. The number of rotatable bonds is 4. The number of nitrogens with one attached hydrogen (secondary N) is 1. The Morgan fingerprint density at radius 1 is 1.20 bits per heavy atom. The second-order valence-corrected chi connectivity index (χ2v) is 7.36. The van der Waals surface area contributed by atoms with E-state index < -0.39 is 0 Å². The highest BCUT2D eigenvalue weighted by Gasteiger charge is 2.26. The molecule has 1 amide bonds. The number of aryl methyl sites for hydroxylation is 2. The summed E-state index contributed by atoms with van der Waals surface area (Å²) in [5, 5.41) is 3.88. The van der Waals surface area contributed by atoms with Gasteiger partial charge in [-0.3, -0.25) is 9.69 Å². The highest BCUT2D eigenvalue weighted by Crippen LogP contribution is 2.23. The molecule has 3 rings (SSSR count). The normalized spacial score (nSPS) is 18.1. The molecule has 0 aliphatic carbocycles. The predicted molar refractivity (Wildman–Crippen MR) is 104 cm³/mol. The number of hydrogen-bond acceptors (Lipinski definition) is 2. The van der Waals surface area contributed by atoms with Crippen molar-refractivity contribution in [2.24, 2.45) is 5.92 Å². The number of nitrogens with zero attached hydrogens (tertiary/aromatic N) is 1. The van der Waals surface area contributed by atoms with Gasteiger partial charge in [-0.25, -0.2) is 0 Å². The van der Waals surface area contributed by atoms with Crippen LogP contribution in [0.5, 0.6) is 0 Å². The van der Waals surface area contributed by atoms with E-state index in [1.807, 2.05) is 30.3 Å². The van der Waals surface area contributed by atoms with Crippen molar-refractivity contribution in [3.05, 3.63) is 64.2 Å². The van der Waals surface area contributed by atoms with E-state index in [0.29, 0.717) is 0 Å². The van der Waals surface area contributed by atoms with Crippen molar-refractivity contribution in [2.45, 2.75) is 33.2 Å². The summed E-state index contributed by atoms with van der Waals surface area (Å²) in [5.41, 5.74) is 4.44. The summed E-state index contributed by atoms with van der Waals surface area (Å²) >= 11 is 6.27. The fraction of sp³-hybridized carbons (Fsp3) is 0.381. The Labute approximate surface area is 155 Å². The Bertz CT molecular complexity index is 759. The van der Waals surface area contributed by atoms with E-state index in [9.17, 15) is 4.79 Å². The smallest absolute Gasteiger partial charge is 0.228 e. The molecule has 1 atom stereocenters. The fourth-order valence-corrected chi connectivity index (χ4v) is 3.54. The molecular weight excluding hydrogens is 332 g/mol. The van der Waals surface area contributed by atoms with Gasteiger partial charge in [0.2, 0.25) is 5.91 Å². The number of benzene rings is 2. The van der Waals surface area contributed by atoms with Gasteiger partial charge in [-0.2, -0.15) is 0 Å². The van der Waals surface area contributed by atoms with Crippen molar-refractivity contribution in [1.29, 1.82) is 0 Å². The summed E-state index contributed by atoms with van der Waals surface area (Å²) in [5.74, 6) is 0.143. The molecule has 1 aliphatic heterocycles. The van der Waals surface area contributed by atoms with Crippen LogP contribution in [0.2, 0.25) is 5.02 Å². The van der Waals surface area contributed by atoms with E-state index in [4.69, 9.17) is 11.6 Å². The maximum absolute atomic E-state index is 12.7. The lowest BCUT2D eigenvalue weighted by Gasteiger charge is -2.32. The largest absolute Gasteiger partial charge is 0.326 e. The van der Waals surface area contributed by atoms with Crippen molar-refractivity contribution in [3.63, 3.8) is 0 Å². The molecule has 1 heterocycles. The molecule has 0 bridgehead atoms. The molecule has 0 spiro atoms. The number of carbonyl (C=O) groups excluding carboxylic acids is 1. The first-order chi connectivity index (χ1) is 12.0. The van der Waals surface area contributed by atoms with E-state index >= 15 is 0 Å². The second kappa shape index (κ2) is 8.03. The standard InChI is InChI=1S/C21H25ClN2O/c1-15-9-10-19(12-16(15)2)23-21(25)18-7-5-11-24(14-18)13-17-6-3-4-8-20(17)22/h3-4,6,8-10,12,18H,5,7,11,13-14H2,1-2H3,(H,23,25). The van der Waals surface area contributed by atoms with Crippen LogP contribution in [0, 0.1) is 19.8 Å². The lowest BCUT2D eigenvalue weighted by molar-refractivity contribution is -0.121. The Hall–Kier alpha value is -1.84. The molecule has 0 aromatic heterocycles. The van der Waals surface area contributed by atoms with Gasteiger partial charge in [0.1, 0.15) is 0 Å². The first kappa shape index (κ1) is 18.0. The lowest BCUT2D eigenvalue weighted by Crippen LogP contribution is -2.40. The first-order valence-corrected chi connectivity index (χ1v) is 9.24. The van der Waals surface area contributed by atoms with Gasteiger partial charge in [-0.1, -0.05) is 35.9 Å². The van der Waals surface area contributed by atoms with Crippen LogP contribution in [0.15, 0.2) is 42.5 Å². The molecule has 25 heavy (non-hydrogen) atoms. The number of carbonyl (C=O) groups is 1. The van der Waals surface area contributed by atoms with Crippen molar-refractivity contribution in [1.82, 2.24) is 4.90 Å². The van der Waals surface area contributed by atoms with Gasteiger partial charge in [-0.05, 0) is 68.1 Å². The number of anilines is 1. The van der Waals surface area contributed by atoms with E-state index in [0.717, 1.165) is 48.7 Å². The topological polar surface area (TPSA) is 32.3 Å². The zero-order chi connectivity index (χ0) is 17.8. The van der Waals surface area contributed by atoms with Crippen LogP contribution in [-0.4, -0.2) is 23.9 Å². The number of hydrogen-bond donors (Lipinski definition) is 1. The van der Waals surface area contributed by atoms with Crippen LogP contribution < -0.4 is 5.32 Å². The van der Waals surface area contributed by atoms with E-state index in [1.54, 1.807) is 0 Å². The van der Waals surface area contributed by atoms with Crippen molar-refractivity contribution < 1.29 is 4.79 Å². The van der Waals surface area contributed by atoms with Crippen molar-refractivity contribution in [3.8, 4) is 0 Å². The SMILES string of the molecule is Cc1ccc(NC(=O)C2CCCN(Cc3ccccc3Cl)C2)cc1C. The summed E-state index contributed by atoms with van der Waals surface area (Å²) in [6.07, 6.45) is 1.98. The molecule has 1 N–H and O–H groups in total. The van der Waals surface area contributed by atoms with Gasteiger partial charge in [0.25, 0.3) is 0 Å². The summed E-state index contributed by atoms with van der Waals surface area (Å²) in [4.78, 5) is 15.0. The second-order valence-electron chi connectivity index (χ2n) is 6.95. The van der Waals surface area contributed by atoms with Crippen LogP contribution >= 0.6 is 11.6 Å². The third kappa shape index (κ3) is 4.62. The molecule has 3 nitrogen and oxygen atoms in total. The predicted octanol–water partition coefficient (Wildman–Crippen LogP) is 4.81. The molecule has 1 saturated heterocycles. The van der Waals surface area contributed by atoms with E-state index in [-0.39, 0.29) is 11.8 Å². The molecule has 132 valence electrons. The lowest BCUT2D eigenvalue weighted by atomic mass is 9.96. The minimum Gasteiger partial charge on any atom is -0.326 e. The summed E-state index contributed by atoms with van der Waals surface area (Å²) in [6.45, 7) is 6.74.